The van der Waals surface area contributed by atoms with Crippen LogP contribution in [0.2, 0.25) is 0 Å². The van der Waals surface area contributed by atoms with Gasteiger partial charge in [-0.1, -0.05) is 70.2 Å². The number of para-hydroxylation sites is 1. The van der Waals surface area contributed by atoms with Crippen LogP contribution in [0.3, 0.4) is 0 Å². The molecular formula is C42H41N6O9P. The summed E-state index contributed by atoms with van der Waals surface area (Å²) in [6, 6.07) is 15.3. The third-order valence-corrected chi connectivity index (χ3v) is 13.7. The van der Waals surface area contributed by atoms with E-state index in [1.165, 1.54) is 17.6 Å². The van der Waals surface area contributed by atoms with Gasteiger partial charge >= 0.3 is 7.75 Å². The summed E-state index contributed by atoms with van der Waals surface area (Å²) in [5.41, 5.74) is 2.98. The molecule has 16 heteroatoms. The number of ether oxygens (including phenoxy) is 1. The molecule has 1 spiro atoms. The van der Waals surface area contributed by atoms with Crippen molar-refractivity contribution in [3.05, 3.63) is 95.3 Å². The fourth-order valence-corrected chi connectivity index (χ4v) is 9.97. The summed E-state index contributed by atoms with van der Waals surface area (Å²) in [5.74, 6) is 0.234. The smallest absolute Gasteiger partial charge is 0.436 e. The van der Waals surface area contributed by atoms with Crippen LogP contribution in [0, 0.1) is 5.92 Å². The van der Waals surface area contributed by atoms with Crippen LogP contribution in [0.5, 0.6) is 5.75 Å². The number of rotatable bonds is 7. The molecule has 0 saturated heterocycles. The first kappa shape index (κ1) is 36.6. The van der Waals surface area contributed by atoms with E-state index in [-0.39, 0.29) is 42.7 Å². The van der Waals surface area contributed by atoms with Crippen LogP contribution < -0.4 is 20.7 Å². The van der Waals surface area contributed by atoms with Gasteiger partial charge < -0.3 is 39.5 Å². The highest BCUT2D eigenvalue weighted by Gasteiger charge is 2.62. The van der Waals surface area contributed by atoms with Crippen molar-refractivity contribution >= 4 is 36.2 Å². The van der Waals surface area contributed by atoms with E-state index >= 15 is 0 Å². The lowest BCUT2D eigenvalue weighted by molar-refractivity contribution is -0.143. The lowest BCUT2D eigenvalue weighted by Crippen LogP contribution is -2.55. The second-order valence-electron chi connectivity index (χ2n) is 15.7. The van der Waals surface area contributed by atoms with Crippen molar-refractivity contribution < 1.29 is 42.2 Å². The highest BCUT2D eigenvalue weighted by Crippen LogP contribution is 2.62. The highest BCUT2D eigenvalue weighted by molar-refractivity contribution is 7.51. The number of benzene rings is 3. The zero-order chi connectivity index (χ0) is 40.5. The molecule has 3 aromatic heterocycles. The highest BCUT2D eigenvalue weighted by atomic mass is 31.2. The Hall–Kier alpha value is -5.73. The number of nitrogens with one attached hydrogen (secondary N) is 3. The minimum atomic E-state index is -4.33. The summed E-state index contributed by atoms with van der Waals surface area (Å²) in [6.07, 6.45) is 2.79. The van der Waals surface area contributed by atoms with Gasteiger partial charge in [0.05, 0.1) is 11.7 Å². The van der Waals surface area contributed by atoms with E-state index in [2.05, 4.69) is 16.0 Å². The molecule has 58 heavy (non-hydrogen) atoms. The van der Waals surface area contributed by atoms with Crippen molar-refractivity contribution in [2.45, 2.75) is 76.3 Å². The molecule has 0 saturated carbocycles. The van der Waals surface area contributed by atoms with Crippen LogP contribution in [0.1, 0.15) is 74.9 Å². The maximum Gasteiger partial charge on any atom is 0.436 e. The van der Waals surface area contributed by atoms with Crippen LogP contribution >= 0.6 is 7.75 Å². The Morgan fingerprint density at radius 2 is 1.86 bits per heavy atom. The first-order valence-corrected chi connectivity index (χ1v) is 20.9. The van der Waals surface area contributed by atoms with Crippen molar-refractivity contribution in [1.29, 1.82) is 0 Å². The number of carbonyl (C=O) groups is 2. The van der Waals surface area contributed by atoms with Gasteiger partial charge in [-0.05, 0) is 42.0 Å². The number of aliphatic hydroxyl groups is 1. The number of hydrogen-bond donors (Lipinski definition) is 5. The molecule has 10 rings (SSSR count). The van der Waals surface area contributed by atoms with Crippen molar-refractivity contribution in [3.8, 4) is 39.8 Å². The summed E-state index contributed by atoms with van der Waals surface area (Å²) in [6.45, 7) is 7.32. The van der Waals surface area contributed by atoms with Crippen molar-refractivity contribution in [1.82, 2.24) is 24.9 Å². The van der Waals surface area contributed by atoms with Gasteiger partial charge in [-0.2, -0.15) is 0 Å². The first-order valence-electron chi connectivity index (χ1n) is 19.4. The SMILES string of the molecule is CCC(O)(CC)C(=O)N[C@H]1Cc2ccc3c(c2)C24c5cccc(c5NC2O3)-c2cccc3c2c(cn3P(=O)(O)OC)-c2cnc(o2)-c2nc(oc24)C(C(C)C)NC1=O. The van der Waals surface area contributed by atoms with Crippen LogP contribution in [-0.4, -0.2) is 61.1 Å². The van der Waals surface area contributed by atoms with E-state index in [1.807, 2.05) is 62.4 Å². The molecule has 10 bridgehead atoms. The molecule has 4 unspecified atom stereocenters. The summed E-state index contributed by atoms with van der Waals surface area (Å²) in [4.78, 5) is 48.8. The number of oxazole rings is 2. The number of fused-ring (bicyclic) bond motifs is 7. The number of amides is 2. The average Bonchev–Trinajstić information content (AvgIpc) is 4.05. The van der Waals surface area contributed by atoms with Gasteiger partial charge in [0.15, 0.2) is 23.4 Å². The Balaban J connectivity index is 1.28. The van der Waals surface area contributed by atoms with E-state index in [1.54, 1.807) is 26.1 Å². The molecular weight excluding hydrogens is 763 g/mol. The van der Waals surface area contributed by atoms with E-state index in [9.17, 15) is 24.2 Å². The lowest BCUT2D eigenvalue weighted by atomic mass is 9.72. The Labute approximate surface area is 332 Å². The molecule has 7 heterocycles. The summed E-state index contributed by atoms with van der Waals surface area (Å²) in [7, 11) is -3.14. The molecule has 4 aliphatic heterocycles. The van der Waals surface area contributed by atoms with Crippen LogP contribution in [-0.2, 0) is 30.5 Å². The molecule has 5 atom stereocenters. The molecule has 3 aromatic carbocycles. The standard InChI is InChI=1S/C42H41N6O9P/c1-6-41(51,7-2)39(50)44-27-17-21-14-15-29-26(16-21)42-25-12-8-11-23(33(25)47-40(42)56-29)22-10-9-13-28-31(22)24(19-48(28)58(52,53)54-5)30-18-43-37(55-30)34-35(42)57-38(46-34)32(20(3)4)45-36(27)49/h8-16,18-20,27,32,40,47,51H,6-7,17H2,1-5H3,(H,44,50)(H,45,49)(H,52,53)/t27-,32?,40?,42?/m0/s1. The van der Waals surface area contributed by atoms with E-state index in [4.69, 9.17) is 28.1 Å². The predicted molar refractivity (Wildman–Crippen MR) is 212 cm³/mol. The van der Waals surface area contributed by atoms with Crippen molar-refractivity contribution in [2.24, 2.45) is 5.92 Å². The lowest BCUT2D eigenvalue weighted by Gasteiger charge is -2.30. The Morgan fingerprint density at radius 3 is 2.62 bits per heavy atom. The minimum absolute atomic E-state index is 0.112. The van der Waals surface area contributed by atoms with Crippen molar-refractivity contribution in [2.75, 3.05) is 12.4 Å². The second kappa shape index (κ2) is 12.6. The van der Waals surface area contributed by atoms with Crippen LogP contribution in [0.25, 0.3) is 44.9 Å². The summed E-state index contributed by atoms with van der Waals surface area (Å²) >= 11 is 0. The molecule has 0 fully saturated rings. The fraction of sp³-hybridized carbons (Fsp3) is 0.333. The number of aromatic nitrogens is 3. The predicted octanol–water partition coefficient (Wildman–Crippen LogP) is 6.41. The van der Waals surface area contributed by atoms with Gasteiger partial charge in [0.2, 0.25) is 17.7 Å². The summed E-state index contributed by atoms with van der Waals surface area (Å²) < 4.78 is 40.2. The van der Waals surface area contributed by atoms with Crippen molar-refractivity contribution in [3.63, 3.8) is 0 Å². The number of nitrogens with zero attached hydrogens (tertiary/aromatic N) is 3. The van der Waals surface area contributed by atoms with E-state index in [0.29, 0.717) is 33.7 Å². The first-order chi connectivity index (χ1) is 27.8. The summed E-state index contributed by atoms with van der Waals surface area (Å²) in [5, 5.41) is 21.5. The quantitative estimate of drug-likeness (QED) is 0.111. The largest absolute Gasteiger partial charge is 0.469 e. The van der Waals surface area contributed by atoms with E-state index < -0.39 is 48.9 Å². The molecule has 5 N–H and O–H groups in total. The van der Waals surface area contributed by atoms with Gasteiger partial charge in [-0.25, -0.2) is 14.5 Å². The number of hydrogen-bond acceptors (Lipinski definition) is 11. The third-order valence-electron chi connectivity index (χ3n) is 12.3. The Bertz CT molecular complexity index is 2770. The minimum Gasteiger partial charge on any atom is -0.469 e. The van der Waals surface area contributed by atoms with Gasteiger partial charge in [-0.3, -0.25) is 18.5 Å². The third kappa shape index (κ3) is 4.93. The topological polar surface area (TPSA) is 203 Å². The number of carbonyl (C=O) groups excluding carboxylic acids is 2. The normalized spacial score (nSPS) is 22.3. The zero-order valence-electron chi connectivity index (χ0n) is 32.3. The average molecular weight is 805 g/mol. The van der Waals surface area contributed by atoms with Gasteiger partial charge in [0.25, 0.3) is 5.91 Å². The Kier molecular flexibility index (Phi) is 7.97. The van der Waals surface area contributed by atoms with Gasteiger partial charge in [-0.15, -0.1) is 0 Å². The Morgan fingerprint density at radius 1 is 1.09 bits per heavy atom. The zero-order valence-corrected chi connectivity index (χ0v) is 33.2. The molecule has 298 valence electrons. The van der Waals surface area contributed by atoms with Crippen LogP contribution in [0.15, 0.2) is 75.8 Å². The van der Waals surface area contributed by atoms with Gasteiger partial charge in [0.1, 0.15) is 28.8 Å². The molecule has 6 aromatic rings. The molecule has 0 aliphatic carbocycles. The van der Waals surface area contributed by atoms with Crippen LogP contribution in [0.4, 0.5) is 5.69 Å². The second-order valence-corrected chi connectivity index (χ2v) is 17.5. The molecule has 2 amide bonds. The fourth-order valence-electron chi connectivity index (χ4n) is 9.10. The number of anilines is 1. The molecule has 4 aliphatic rings. The monoisotopic (exact) mass is 804 g/mol. The van der Waals surface area contributed by atoms with Gasteiger partial charge in [0, 0.05) is 53.1 Å². The maximum atomic E-state index is 14.3. The molecule has 0 radical (unpaired) electrons. The van der Waals surface area contributed by atoms with E-state index in [0.717, 1.165) is 33.5 Å². The molecule has 15 nitrogen and oxygen atoms in total. The maximum absolute atomic E-state index is 14.3.